The average Bonchev–Trinajstić information content (AvgIpc) is 2.94. The van der Waals surface area contributed by atoms with Crippen LogP contribution in [0.2, 0.25) is 0 Å². The Morgan fingerprint density at radius 2 is 2.09 bits per heavy atom. The summed E-state index contributed by atoms with van der Waals surface area (Å²) in [5.41, 5.74) is 3.91. The molecule has 0 saturated heterocycles. The Morgan fingerprint density at radius 3 is 2.82 bits per heavy atom. The number of aliphatic carboxylic acids is 1. The molecule has 4 nitrogen and oxygen atoms in total. The van der Waals surface area contributed by atoms with Gasteiger partial charge in [-0.25, -0.2) is 4.98 Å². The molecule has 1 aromatic heterocycles. The van der Waals surface area contributed by atoms with Gasteiger partial charge in [0.25, 0.3) is 0 Å². The maximum atomic E-state index is 10.6. The molecule has 0 aliphatic heterocycles. The molecule has 0 spiro atoms. The van der Waals surface area contributed by atoms with E-state index in [-0.39, 0.29) is 12.3 Å². The number of aromatic nitrogens is 2. The van der Waals surface area contributed by atoms with Crippen molar-refractivity contribution in [2.75, 3.05) is 0 Å². The average molecular weight is 300 g/mol. The summed E-state index contributed by atoms with van der Waals surface area (Å²) in [7, 11) is 0. The normalized spacial score (nSPS) is 12.3. The number of aryl methyl sites for hydroxylation is 2. The third-order valence-corrected chi connectivity index (χ3v) is 4.29. The fourth-order valence-corrected chi connectivity index (χ4v) is 2.83. The Hall–Kier alpha value is -2.10. The minimum atomic E-state index is -0.727. The van der Waals surface area contributed by atoms with E-state index in [1.54, 1.807) is 0 Å². The smallest absolute Gasteiger partial charge is 0.303 e. The molecule has 0 aliphatic carbocycles. The van der Waals surface area contributed by atoms with E-state index in [1.807, 2.05) is 12.4 Å². The molecular formula is C18H24N2O2. The maximum absolute atomic E-state index is 10.6. The van der Waals surface area contributed by atoms with Crippen LogP contribution < -0.4 is 0 Å². The number of benzene rings is 1. The minimum Gasteiger partial charge on any atom is -0.481 e. The van der Waals surface area contributed by atoms with Crippen molar-refractivity contribution in [1.29, 1.82) is 0 Å². The molecule has 1 aromatic carbocycles. The fraction of sp³-hybridized carbons (Fsp3) is 0.444. The van der Waals surface area contributed by atoms with Gasteiger partial charge in [0, 0.05) is 31.3 Å². The number of rotatable bonds is 7. The van der Waals surface area contributed by atoms with E-state index in [0.29, 0.717) is 6.42 Å². The quantitative estimate of drug-likeness (QED) is 0.789. The summed E-state index contributed by atoms with van der Waals surface area (Å²) in [4.78, 5) is 15.1. The summed E-state index contributed by atoms with van der Waals surface area (Å²) in [6.07, 6.45) is 5.60. The van der Waals surface area contributed by atoms with Gasteiger partial charge in [0.05, 0.1) is 0 Å². The number of carboxylic acids is 1. The zero-order chi connectivity index (χ0) is 16.1. The van der Waals surface area contributed by atoms with E-state index < -0.39 is 5.97 Å². The summed E-state index contributed by atoms with van der Waals surface area (Å²) in [6.45, 7) is 7.28. The van der Waals surface area contributed by atoms with Crippen molar-refractivity contribution in [3.8, 4) is 0 Å². The number of carboxylic acid groups (broad SMARTS) is 1. The molecule has 1 N–H and O–H groups in total. The lowest BCUT2D eigenvalue weighted by atomic mass is 9.93. The van der Waals surface area contributed by atoms with E-state index >= 15 is 0 Å². The van der Waals surface area contributed by atoms with Gasteiger partial charge in [0.2, 0.25) is 0 Å². The molecule has 0 aliphatic rings. The number of hydrogen-bond acceptors (Lipinski definition) is 2. The Balaban J connectivity index is 2.11. The van der Waals surface area contributed by atoms with E-state index in [0.717, 1.165) is 18.8 Å². The molecule has 1 unspecified atom stereocenters. The van der Waals surface area contributed by atoms with Gasteiger partial charge in [-0.3, -0.25) is 4.79 Å². The number of nitrogens with zero attached hydrogens (tertiary/aromatic N) is 2. The van der Waals surface area contributed by atoms with Gasteiger partial charge < -0.3 is 9.67 Å². The van der Waals surface area contributed by atoms with Crippen LogP contribution in [0.1, 0.15) is 54.6 Å². The van der Waals surface area contributed by atoms with Crippen molar-refractivity contribution in [2.24, 2.45) is 0 Å². The molecule has 1 heterocycles. The van der Waals surface area contributed by atoms with Crippen LogP contribution in [0.5, 0.6) is 0 Å². The van der Waals surface area contributed by atoms with Gasteiger partial charge >= 0.3 is 5.97 Å². The highest BCUT2D eigenvalue weighted by atomic mass is 16.4. The lowest BCUT2D eigenvalue weighted by molar-refractivity contribution is -0.137. The van der Waals surface area contributed by atoms with Crippen molar-refractivity contribution < 1.29 is 9.90 Å². The second kappa shape index (κ2) is 7.25. The van der Waals surface area contributed by atoms with Gasteiger partial charge in [-0.05, 0) is 43.4 Å². The third kappa shape index (κ3) is 3.75. The third-order valence-electron chi connectivity index (χ3n) is 4.29. The SMILES string of the molecule is Cc1cccc(C(C)c2nccn2CCCCC(=O)O)c1C. The predicted octanol–water partition coefficient (Wildman–Crippen LogP) is 3.91. The van der Waals surface area contributed by atoms with Crippen LogP contribution in [0.3, 0.4) is 0 Å². The first-order valence-electron chi connectivity index (χ1n) is 7.79. The van der Waals surface area contributed by atoms with Gasteiger partial charge in [0.1, 0.15) is 5.82 Å². The van der Waals surface area contributed by atoms with Crippen molar-refractivity contribution in [3.05, 3.63) is 53.1 Å². The highest BCUT2D eigenvalue weighted by molar-refractivity contribution is 5.66. The molecule has 0 fully saturated rings. The summed E-state index contributed by atoms with van der Waals surface area (Å²) in [6, 6.07) is 6.38. The summed E-state index contributed by atoms with van der Waals surface area (Å²) < 4.78 is 2.15. The molecule has 0 radical (unpaired) electrons. The summed E-state index contributed by atoms with van der Waals surface area (Å²) in [5, 5.41) is 8.70. The van der Waals surface area contributed by atoms with E-state index in [9.17, 15) is 4.79 Å². The second-order valence-electron chi connectivity index (χ2n) is 5.84. The standard InChI is InChI=1S/C18H24N2O2/c1-13-7-6-8-16(14(13)2)15(3)18-19-10-12-20(18)11-5-4-9-17(21)22/h6-8,10,12,15H,4-5,9,11H2,1-3H3,(H,21,22). The predicted molar refractivity (Wildman–Crippen MR) is 87.1 cm³/mol. The van der Waals surface area contributed by atoms with E-state index in [2.05, 4.69) is 48.5 Å². The molecular weight excluding hydrogens is 276 g/mol. The van der Waals surface area contributed by atoms with Crippen molar-refractivity contribution >= 4 is 5.97 Å². The van der Waals surface area contributed by atoms with E-state index in [4.69, 9.17) is 5.11 Å². The molecule has 0 saturated carbocycles. The van der Waals surface area contributed by atoms with Gasteiger partial charge in [-0.15, -0.1) is 0 Å². The number of imidazole rings is 1. The minimum absolute atomic E-state index is 0.231. The Bertz CT molecular complexity index is 646. The molecule has 4 heteroatoms. The molecule has 2 rings (SSSR count). The molecule has 2 aromatic rings. The van der Waals surface area contributed by atoms with Crippen LogP contribution >= 0.6 is 0 Å². The van der Waals surface area contributed by atoms with E-state index in [1.165, 1.54) is 16.7 Å². The largest absolute Gasteiger partial charge is 0.481 e. The van der Waals surface area contributed by atoms with Crippen molar-refractivity contribution in [3.63, 3.8) is 0 Å². The first kappa shape index (κ1) is 16.3. The molecule has 1 atom stereocenters. The lowest BCUT2D eigenvalue weighted by Gasteiger charge is -2.17. The monoisotopic (exact) mass is 300 g/mol. The Labute approximate surface area is 131 Å². The van der Waals surface area contributed by atoms with Crippen molar-refractivity contribution in [2.45, 2.75) is 52.5 Å². The van der Waals surface area contributed by atoms with Crippen LogP contribution in [0.4, 0.5) is 0 Å². The number of carbonyl (C=O) groups is 1. The van der Waals surface area contributed by atoms with Crippen LogP contribution in [-0.4, -0.2) is 20.6 Å². The summed E-state index contributed by atoms with van der Waals surface area (Å²) in [5.74, 6) is 0.549. The van der Waals surface area contributed by atoms with Gasteiger partial charge in [0.15, 0.2) is 0 Å². The molecule has 0 amide bonds. The first-order valence-corrected chi connectivity index (χ1v) is 7.79. The first-order chi connectivity index (χ1) is 10.5. The van der Waals surface area contributed by atoms with Crippen molar-refractivity contribution in [1.82, 2.24) is 9.55 Å². The van der Waals surface area contributed by atoms with Crippen LogP contribution in [0.15, 0.2) is 30.6 Å². The lowest BCUT2D eigenvalue weighted by Crippen LogP contribution is -2.10. The highest BCUT2D eigenvalue weighted by Gasteiger charge is 2.16. The highest BCUT2D eigenvalue weighted by Crippen LogP contribution is 2.27. The number of unbranched alkanes of at least 4 members (excludes halogenated alkanes) is 1. The zero-order valence-corrected chi connectivity index (χ0v) is 13.5. The second-order valence-corrected chi connectivity index (χ2v) is 5.84. The number of hydrogen-bond donors (Lipinski definition) is 1. The molecule has 22 heavy (non-hydrogen) atoms. The zero-order valence-electron chi connectivity index (χ0n) is 13.5. The Kier molecular flexibility index (Phi) is 5.36. The topological polar surface area (TPSA) is 55.1 Å². The maximum Gasteiger partial charge on any atom is 0.303 e. The molecule has 0 bridgehead atoms. The van der Waals surface area contributed by atoms with Crippen LogP contribution in [0, 0.1) is 13.8 Å². The fourth-order valence-electron chi connectivity index (χ4n) is 2.83. The van der Waals surface area contributed by atoms with Gasteiger partial charge in [-0.2, -0.15) is 0 Å². The van der Waals surface area contributed by atoms with Gasteiger partial charge in [-0.1, -0.05) is 25.1 Å². The van der Waals surface area contributed by atoms with Crippen LogP contribution in [-0.2, 0) is 11.3 Å². The summed E-state index contributed by atoms with van der Waals surface area (Å²) >= 11 is 0. The molecule has 118 valence electrons. The Morgan fingerprint density at radius 1 is 1.32 bits per heavy atom. The van der Waals surface area contributed by atoms with Crippen LogP contribution in [0.25, 0.3) is 0 Å².